The molecule has 1 heterocycles. The van der Waals surface area contributed by atoms with Gasteiger partial charge in [-0.25, -0.2) is 0 Å². The van der Waals surface area contributed by atoms with Crippen LogP contribution in [0.15, 0.2) is 24.3 Å². The van der Waals surface area contributed by atoms with Gasteiger partial charge in [-0.05, 0) is 55.4 Å². The van der Waals surface area contributed by atoms with Crippen LogP contribution in [0, 0.1) is 11.3 Å². The zero-order valence-electron chi connectivity index (χ0n) is 13.7. The average Bonchev–Trinajstić information content (AvgIpc) is 2.97. The normalized spacial score (nSPS) is 13.0. The molecule has 5 heteroatoms. The summed E-state index contributed by atoms with van der Waals surface area (Å²) in [5.74, 6) is 0.461. The van der Waals surface area contributed by atoms with Gasteiger partial charge in [0, 0.05) is 4.88 Å². The third kappa shape index (κ3) is 3.60. The van der Waals surface area contributed by atoms with E-state index in [1.165, 1.54) is 21.8 Å². The summed E-state index contributed by atoms with van der Waals surface area (Å²) in [6.07, 6.45) is 5.14. The molecule has 1 amide bonds. The van der Waals surface area contributed by atoms with Gasteiger partial charge in [0.05, 0.1) is 5.56 Å². The number of benzene rings is 1. The topological polar surface area (TPSA) is 62.1 Å². The number of nitrogens with zero attached hydrogens (tertiary/aromatic N) is 1. The number of hydrogen-bond donors (Lipinski definition) is 1. The lowest BCUT2D eigenvalue weighted by Crippen LogP contribution is -2.20. The van der Waals surface area contributed by atoms with Crippen LogP contribution in [0.2, 0.25) is 0 Å². The summed E-state index contributed by atoms with van der Waals surface area (Å²) < 4.78 is 5.57. The van der Waals surface area contributed by atoms with Crippen LogP contribution >= 0.6 is 11.3 Å². The Morgan fingerprint density at radius 1 is 1.38 bits per heavy atom. The van der Waals surface area contributed by atoms with Gasteiger partial charge in [-0.15, -0.1) is 11.3 Å². The molecule has 1 aliphatic rings. The lowest BCUT2D eigenvalue weighted by molar-refractivity contribution is -0.118. The Morgan fingerprint density at radius 3 is 3.00 bits per heavy atom. The minimum atomic E-state index is -0.230. The van der Waals surface area contributed by atoms with Crippen LogP contribution in [0.25, 0.3) is 0 Å². The first kappa shape index (κ1) is 16.5. The second-order valence-electron chi connectivity index (χ2n) is 5.86. The molecule has 0 bridgehead atoms. The highest BCUT2D eigenvalue weighted by Crippen LogP contribution is 2.37. The number of nitrogens with one attached hydrogen (secondary N) is 1. The Kier molecular flexibility index (Phi) is 5.17. The summed E-state index contributed by atoms with van der Waals surface area (Å²) in [6.45, 7) is 2.02. The maximum Gasteiger partial charge on any atom is 0.262 e. The summed E-state index contributed by atoms with van der Waals surface area (Å²) in [4.78, 5) is 13.4. The van der Waals surface area contributed by atoms with E-state index in [1.807, 2.05) is 24.3 Å². The summed E-state index contributed by atoms with van der Waals surface area (Å²) in [7, 11) is 0. The third-order valence-electron chi connectivity index (χ3n) is 4.21. The van der Waals surface area contributed by atoms with Crippen LogP contribution in [-0.4, -0.2) is 12.5 Å². The number of ether oxygens (including phenoxy) is 1. The molecule has 24 heavy (non-hydrogen) atoms. The Labute approximate surface area is 146 Å². The molecular weight excluding hydrogens is 320 g/mol. The molecule has 1 N–H and O–H groups in total. The zero-order valence-corrected chi connectivity index (χ0v) is 14.5. The van der Waals surface area contributed by atoms with Crippen molar-refractivity contribution in [3.8, 4) is 11.8 Å². The van der Waals surface area contributed by atoms with Crippen LogP contribution in [0.1, 0.15) is 41.3 Å². The van der Waals surface area contributed by atoms with E-state index in [-0.39, 0.29) is 12.5 Å². The SMILES string of the molecule is CCc1cccc(OCC(=O)Nc2sc3c(c2C#N)CCCC3)c1. The molecule has 0 fully saturated rings. The number of carbonyl (C=O) groups excluding carboxylic acids is 1. The molecule has 4 nitrogen and oxygen atoms in total. The van der Waals surface area contributed by atoms with E-state index in [4.69, 9.17) is 4.74 Å². The fraction of sp³-hybridized carbons (Fsp3) is 0.368. The van der Waals surface area contributed by atoms with Crippen molar-refractivity contribution in [1.29, 1.82) is 5.26 Å². The molecule has 2 aromatic rings. The van der Waals surface area contributed by atoms with Gasteiger partial charge in [0.15, 0.2) is 6.61 Å². The van der Waals surface area contributed by atoms with Gasteiger partial charge in [0.25, 0.3) is 5.91 Å². The van der Waals surface area contributed by atoms with Gasteiger partial charge in [-0.1, -0.05) is 19.1 Å². The largest absolute Gasteiger partial charge is 0.484 e. The molecule has 0 spiro atoms. The van der Waals surface area contributed by atoms with Crippen molar-refractivity contribution in [2.45, 2.75) is 39.0 Å². The first-order chi connectivity index (χ1) is 11.7. The van der Waals surface area contributed by atoms with Crippen LogP contribution in [0.3, 0.4) is 0 Å². The molecule has 1 aromatic carbocycles. The molecule has 0 saturated heterocycles. The van der Waals surface area contributed by atoms with E-state index >= 15 is 0 Å². The van der Waals surface area contributed by atoms with Crippen molar-refractivity contribution in [2.75, 3.05) is 11.9 Å². The fourth-order valence-electron chi connectivity index (χ4n) is 2.94. The van der Waals surface area contributed by atoms with Crippen molar-refractivity contribution >= 4 is 22.2 Å². The fourth-order valence-corrected chi connectivity index (χ4v) is 4.19. The minimum absolute atomic E-state index is 0.0550. The van der Waals surface area contributed by atoms with Crippen LogP contribution in [-0.2, 0) is 24.1 Å². The summed E-state index contributed by atoms with van der Waals surface area (Å²) in [6, 6.07) is 9.99. The quantitative estimate of drug-likeness (QED) is 0.892. The summed E-state index contributed by atoms with van der Waals surface area (Å²) >= 11 is 1.53. The van der Waals surface area contributed by atoms with E-state index in [1.54, 1.807) is 0 Å². The van der Waals surface area contributed by atoms with Crippen molar-refractivity contribution in [3.63, 3.8) is 0 Å². The third-order valence-corrected chi connectivity index (χ3v) is 5.42. The van der Waals surface area contributed by atoms with Crippen LogP contribution in [0.4, 0.5) is 5.00 Å². The van der Waals surface area contributed by atoms with E-state index < -0.39 is 0 Å². The molecule has 0 atom stereocenters. The second kappa shape index (κ2) is 7.50. The molecular formula is C19H20N2O2S. The maximum atomic E-state index is 12.2. The van der Waals surface area contributed by atoms with Gasteiger partial charge < -0.3 is 10.1 Å². The lowest BCUT2D eigenvalue weighted by Gasteiger charge is -2.09. The van der Waals surface area contributed by atoms with Crippen LogP contribution < -0.4 is 10.1 Å². The van der Waals surface area contributed by atoms with Crippen molar-refractivity contribution in [2.24, 2.45) is 0 Å². The van der Waals surface area contributed by atoms with Gasteiger partial charge in [0.1, 0.15) is 16.8 Å². The molecule has 0 unspecified atom stereocenters. The summed E-state index contributed by atoms with van der Waals surface area (Å²) in [5, 5.41) is 12.9. The molecule has 124 valence electrons. The number of amides is 1. The smallest absolute Gasteiger partial charge is 0.262 e. The number of nitriles is 1. The Bertz CT molecular complexity index is 789. The number of thiophene rings is 1. The Hall–Kier alpha value is -2.32. The molecule has 3 rings (SSSR count). The van der Waals surface area contributed by atoms with E-state index in [2.05, 4.69) is 18.3 Å². The predicted octanol–water partition coefficient (Wildman–Crippen LogP) is 4.08. The van der Waals surface area contributed by atoms with Gasteiger partial charge >= 0.3 is 0 Å². The van der Waals surface area contributed by atoms with Crippen molar-refractivity contribution < 1.29 is 9.53 Å². The second-order valence-corrected chi connectivity index (χ2v) is 6.97. The predicted molar refractivity (Wildman–Crippen MR) is 95.6 cm³/mol. The highest BCUT2D eigenvalue weighted by Gasteiger charge is 2.21. The monoisotopic (exact) mass is 340 g/mol. The molecule has 0 radical (unpaired) electrons. The van der Waals surface area contributed by atoms with Gasteiger partial charge in [-0.3, -0.25) is 4.79 Å². The number of anilines is 1. The molecule has 1 aliphatic carbocycles. The first-order valence-corrected chi connectivity index (χ1v) is 9.09. The first-order valence-electron chi connectivity index (χ1n) is 8.27. The molecule has 0 saturated carbocycles. The van der Waals surface area contributed by atoms with Crippen molar-refractivity contribution in [3.05, 3.63) is 45.8 Å². The van der Waals surface area contributed by atoms with E-state index in [9.17, 15) is 10.1 Å². The number of rotatable bonds is 5. The van der Waals surface area contributed by atoms with Crippen LogP contribution in [0.5, 0.6) is 5.75 Å². The molecule has 1 aromatic heterocycles. The number of carbonyl (C=O) groups is 1. The minimum Gasteiger partial charge on any atom is -0.484 e. The Morgan fingerprint density at radius 2 is 2.21 bits per heavy atom. The number of fused-ring (bicyclic) bond motifs is 1. The lowest BCUT2D eigenvalue weighted by atomic mass is 9.96. The number of aryl methyl sites for hydroxylation is 2. The Balaban J connectivity index is 1.65. The summed E-state index contributed by atoms with van der Waals surface area (Å²) in [5.41, 5.74) is 2.93. The average molecular weight is 340 g/mol. The van der Waals surface area contributed by atoms with Gasteiger partial charge in [-0.2, -0.15) is 5.26 Å². The number of hydrogen-bond acceptors (Lipinski definition) is 4. The highest BCUT2D eigenvalue weighted by atomic mass is 32.1. The van der Waals surface area contributed by atoms with E-state index in [0.29, 0.717) is 16.3 Å². The van der Waals surface area contributed by atoms with E-state index in [0.717, 1.165) is 37.7 Å². The maximum absolute atomic E-state index is 12.2. The van der Waals surface area contributed by atoms with Crippen molar-refractivity contribution in [1.82, 2.24) is 0 Å². The highest BCUT2D eigenvalue weighted by molar-refractivity contribution is 7.16. The molecule has 0 aliphatic heterocycles. The standard InChI is InChI=1S/C19H20N2O2S/c1-2-13-6-5-7-14(10-13)23-12-18(22)21-19-16(11-20)15-8-3-4-9-17(15)24-19/h5-7,10H,2-4,8-9,12H2,1H3,(H,21,22). The van der Waals surface area contributed by atoms with Gasteiger partial charge in [0.2, 0.25) is 0 Å². The zero-order chi connectivity index (χ0) is 16.9.